The molecule has 0 aliphatic heterocycles. The molecule has 1 heterocycles. The van der Waals surface area contributed by atoms with Crippen LogP contribution in [0.25, 0.3) is 12.2 Å². The summed E-state index contributed by atoms with van der Waals surface area (Å²) in [6.45, 7) is 0.160. The van der Waals surface area contributed by atoms with E-state index in [1.165, 1.54) is 31.6 Å². The molecule has 0 saturated heterocycles. The van der Waals surface area contributed by atoms with Gasteiger partial charge < -0.3 is 23.9 Å². The van der Waals surface area contributed by atoms with Crippen LogP contribution in [-0.4, -0.2) is 26.1 Å². The molecular formula is C26H22N2O6. The van der Waals surface area contributed by atoms with Gasteiger partial charge in [-0.05, 0) is 59.7 Å². The molecular weight excluding hydrogens is 436 g/mol. The summed E-state index contributed by atoms with van der Waals surface area (Å²) in [6, 6.07) is 17.2. The molecule has 0 aliphatic carbocycles. The van der Waals surface area contributed by atoms with Gasteiger partial charge in [0.05, 0.1) is 27.0 Å². The topological polar surface area (TPSA) is 111 Å². The second-order valence-corrected chi connectivity index (χ2v) is 6.87. The van der Waals surface area contributed by atoms with Crippen molar-refractivity contribution in [2.24, 2.45) is 0 Å². The second-order valence-electron chi connectivity index (χ2n) is 6.87. The fourth-order valence-corrected chi connectivity index (χ4v) is 2.87. The Morgan fingerprint density at radius 2 is 1.79 bits per heavy atom. The van der Waals surface area contributed by atoms with E-state index < -0.39 is 11.9 Å². The molecule has 1 amide bonds. The quantitative estimate of drug-likeness (QED) is 0.222. The van der Waals surface area contributed by atoms with Gasteiger partial charge in [0.15, 0.2) is 11.5 Å². The number of nitrogens with one attached hydrogen (secondary N) is 1. The van der Waals surface area contributed by atoms with E-state index in [4.69, 9.17) is 18.6 Å². The second kappa shape index (κ2) is 11.7. The Morgan fingerprint density at radius 1 is 1.03 bits per heavy atom. The van der Waals surface area contributed by atoms with Crippen LogP contribution >= 0.6 is 0 Å². The Morgan fingerprint density at radius 3 is 2.44 bits per heavy atom. The zero-order valence-corrected chi connectivity index (χ0v) is 18.6. The van der Waals surface area contributed by atoms with Gasteiger partial charge >= 0.3 is 5.97 Å². The normalized spacial score (nSPS) is 11.0. The monoisotopic (exact) mass is 458 g/mol. The number of rotatable bonds is 9. The summed E-state index contributed by atoms with van der Waals surface area (Å²) in [7, 11) is 3.00. The lowest BCUT2D eigenvalue weighted by molar-refractivity contribution is -0.129. The zero-order chi connectivity index (χ0) is 24.3. The molecule has 0 fully saturated rings. The lowest BCUT2D eigenvalue weighted by atomic mass is 10.1. The number of methoxy groups -OCH3 is 2. The average molecular weight is 458 g/mol. The van der Waals surface area contributed by atoms with Gasteiger partial charge in [0, 0.05) is 6.08 Å². The minimum absolute atomic E-state index is 0.0965. The number of benzene rings is 2. The number of hydrogen-bond donors (Lipinski definition) is 1. The van der Waals surface area contributed by atoms with Gasteiger partial charge in [0.2, 0.25) is 0 Å². The standard InChI is InChI=1S/C26H22N2O6/c1-31-21-9-5-18(6-10-21)8-12-25(29)34-23-11-7-19(15-24(23)32-2)14-20(16-27)26(30)28-17-22-4-3-13-33-22/h3-15H,17H2,1-2H3,(H,28,30)/b12-8+,20-14+. The summed E-state index contributed by atoms with van der Waals surface area (Å²) in [5.41, 5.74) is 1.23. The van der Waals surface area contributed by atoms with E-state index in [1.807, 2.05) is 18.2 Å². The SMILES string of the molecule is COc1ccc(/C=C/C(=O)Oc2ccc(/C=C(\C#N)C(=O)NCc3ccco3)cc2OC)cc1. The van der Waals surface area contributed by atoms with Crippen molar-refractivity contribution in [1.29, 1.82) is 5.26 Å². The first-order valence-corrected chi connectivity index (χ1v) is 10.2. The van der Waals surface area contributed by atoms with Crippen LogP contribution in [0.15, 0.2) is 76.9 Å². The molecule has 172 valence electrons. The number of carbonyl (C=O) groups excluding carboxylic acids is 2. The molecule has 2 aromatic carbocycles. The molecule has 8 heteroatoms. The molecule has 1 N–H and O–H groups in total. The third kappa shape index (κ3) is 6.61. The van der Waals surface area contributed by atoms with Gasteiger partial charge in [0.25, 0.3) is 5.91 Å². The van der Waals surface area contributed by atoms with Gasteiger partial charge in [-0.1, -0.05) is 18.2 Å². The predicted molar refractivity (Wildman–Crippen MR) is 125 cm³/mol. The van der Waals surface area contributed by atoms with Crippen molar-refractivity contribution in [3.05, 3.63) is 89.4 Å². The number of esters is 1. The van der Waals surface area contributed by atoms with E-state index in [0.717, 1.165) is 5.56 Å². The van der Waals surface area contributed by atoms with E-state index in [-0.39, 0.29) is 23.6 Å². The third-order valence-corrected chi connectivity index (χ3v) is 4.61. The molecule has 8 nitrogen and oxygen atoms in total. The molecule has 0 bridgehead atoms. The Balaban J connectivity index is 1.67. The van der Waals surface area contributed by atoms with Crippen LogP contribution in [0, 0.1) is 11.3 Å². The highest BCUT2D eigenvalue weighted by atomic mass is 16.6. The van der Waals surface area contributed by atoms with Crippen LogP contribution in [0.1, 0.15) is 16.9 Å². The third-order valence-electron chi connectivity index (χ3n) is 4.61. The van der Waals surface area contributed by atoms with Crippen molar-refractivity contribution in [2.45, 2.75) is 6.54 Å². The maximum absolute atomic E-state index is 12.3. The summed E-state index contributed by atoms with van der Waals surface area (Å²) in [5, 5.41) is 12.0. The van der Waals surface area contributed by atoms with E-state index in [9.17, 15) is 14.9 Å². The van der Waals surface area contributed by atoms with Crippen LogP contribution in [0.4, 0.5) is 0 Å². The molecule has 0 spiro atoms. The van der Waals surface area contributed by atoms with Crippen molar-refractivity contribution >= 4 is 24.0 Å². The molecule has 0 atom stereocenters. The number of nitriles is 1. The summed E-state index contributed by atoms with van der Waals surface area (Å²) in [6.07, 6.45) is 5.82. The average Bonchev–Trinajstić information content (AvgIpc) is 3.39. The van der Waals surface area contributed by atoms with Crippen molar-refractivity contribution < 1.29 is 28.2 Å². The number of amides is 1. The minimum Gasteiger partial charge on any atom is -0.497 e. The first kappa shape index (κ1) is 23.9. The molecule has 34 heavy (non-hydrogen) atoms. The Labute approximate surface area is 196 Å². The highest BCUT2D eigenvalue weighted by molar-refractivity contribution is 6.01. The molecule has 0 unspecified atom stereocenters. The maximum Gasteiger partial charge on any atom is 0.336 e. The van der Waals surface area contributed by atoms with Gasteiger partial charge in [0.1, 0.15) is 23.2 Å². The Hall–Kier alpha value is -4.77. The first-order chi connectivity index (χ1) is 16.5. The lowest BCUT2D eigenvalue weighted by Crippen LogP contribution is -2.23. The highest BCUT2D eigenvalue weighted by Gasteiger charge is 2.12. The predicted octanol–water partition coefficient (Wildman–Crippen LogP) is 4.14. The van der Waals surface area contributed by atoms with Crippen LogP contribution in [0.2, 0.25) is 0 Å². The molecule has 0 radical (unpaired) electrons. The first-order valence-electron chi connectivity index (χ1n) is 10.2. The fourth-order valence-electron chi connectivity index (χ4n) is 2.87. The fraction of sp³-hybridized carbons (Fsp3) is 0.115. The van der Waals surface area contributed by atoms with E-state index >= 15 is 0 Å². The van der Waals surface area contributed by atoms with Gasteiger partial charge in [-0.15, -0.1) is 0 Å². The number of furan rings is 1. The van der Waals surface area contributed by atoms with E-state index in [0.29, 0.717) is 17.1 Å². The molecule has 0 saturated carbocycles. The van der Waals surface area contributed by atoms with Crippen molar-refractivity contribution in [2.75, 3.05) is 14.2 Å². The van der Waals surface area contributed by atoms with Crippen molar-refractivity contribution in [1.82, 2.24) is 5.32 Å². The summed E-state index contributed by atoms with van der Waals surface area (Å²) in [5.74, 6) is 0.621. The summed E-state index contributed by atoms with van der Waals surface area (Å²) >= 11 is 0. The van der Waals surface area contributed by atoms with Crippen LogP contribution in [-0.2, 0) is 16.1 Å². The van der Waals surface area contributed by atoms with Crippen LogP contribution < -0.4 is 19.5 Å². The lowest BCUT2D eigenvalue weighted by Gasteiger charge is -2.09. The molecule has 3 aromatic rings. The van der Waals surface area contributed by atoms with Crippen molar-refractivity contribution in [3.8, 4) is 23.3 Å². The van der Waals surface area contributed by atoms with Gasteiger partial charge in [-0.3, -0.25) is 4.79 Å². The van der Waals surface area contributed by atoms with Crippen LogP contribution in [0.5, 0.6) is 17.2 Å². The van der Waals surface area contributed by atoms with Gasteiger partial charge in [-0.25, -0.2) is 4.79 Å². The zero-order valence-electron chi connectivity index (χ0n) is 18.6. The number of nitrogens with zero attached hydrogens (tertiary/aromatic N) is 1. The van der Waals surface area contributed by atoms with E-state index in [2.05, 4.69) is 5.32 Å². The number of hydrogen-bond acceptors (Lipinski definition) is 7. The minimum atomic E-state index is -0.590. The molecule has 3 rings (SSSR count). The molecule has 0 aliphatic rings. The Kier molecular flexibility index (Phi) is 8.25. The summed E-state index contributed by atoms with van der Waals surface area (Å²) in [4.78, 5) is 24.5. The number of ether oxygens (including phenoxy) is 3. The maximum atomic E-state index is 12.3. The highest BCUT2D eigenvalue weighted by Crippen LogP contribution is 2.29. The smallest absolute Gasteiger partial charge is 0.336 e. The van der Waals surface area contributed by atoms with Crippen LogP contribution in [0.3, 0.4) is 0 Å². The Bertz CT molecular complexity index is 1240. The van der Waals surface area contributed by atoms with Crippen molar-refractivity contribution in [3.63, 3.8) is 0 Å². The number of carbonyl (C=O) groups is 2. The summed E-state index contributed by atoms with van der Waals surface area (Å²) < 4.78 is 20.9. The van der Waals surface area contributed by atoms with E-state index in [1.54, 1.807) is 49.6 Å². The largest absolute Gasteiger partial charge is 0.497 e. The molecule has 1 aromatic heterocycles. The van der Waals surface area contributed by atoms with Gasteiger partial charge in [-0.2, -0.15) is 5.26 Å².